The lowest BCUT2D eigenvalue weighted by Crippen LogP contribution is -2.47. The highest BCUT2D eigenvalue weighted by Gasteiger charge is 2.37. The third kappa shape index (κ3) is 3.68. The van der Waals surface area contributed by atoms with Gasteiger partial charge in [0.2, 0.25) is 0 Å². The van der Waals surface area contributed by atoms with Gasteiger partial charge in [0.1, 0.15) is 23.2 Å². The maximum absolute atomic E-state index is 13.3. The lowest BCUT2D eigenvalue weighted by molar-refractivity contribution is -0.141. The van der Waals surface area contributed by atoms with Gasteiger partial charge in [-0.05, 0) is 25.0 Å². The van der Waals surface area contributed by atoms with E-state index in [9.17, 15) is 13.2 Å². The fourth-order valence-electron chi connectivity index (χ4n) is 3.55. The minimum absolute atomic E-state index is 0.0604. The maximum atomic E-state index is 13.3. The third-order valence-corrected chi connectivity index (χ3v) is 5.33. The number of nitrogens with zero attached hydrogens (tertiary/aromatic N) is 6. The van der Waals surface area contributed by atoms with E-state index in [0.717, 1.165) is 35.8 Å². The summed E-state index contributed by atoms with van der Waals surface area (Å²) in [6.45, 7) is 2.40. The summed E-state index contributed by atoms with van der Waals surface area (Å²) < 4.78 is 39.8. The van der Waals surface area contributed by atoms with Crippen LogP contribution in [0.2, 0.25) is 0 Å². The van der Waals surface area contributed by atoms with Crippen LogP contribution < -0.4 is 9.80 Å². The molecule has 0 bridgehead atoms. The summed E-state index contributed by atoms with van der Waals surface area (Å²) in [7, 11) is 0. The lowest BCUT2D eigenvalue weighted by atomic mass is 10.2. The van der Waals surface area contributed by atoms with Gasteiger partial charge >= 0.3 is 6.18 Å². The van der Waals surface area contributed by atoms with Crippen molar-refractivity contribution in [3.63, 3.8) is 0 Å². The van der Waals surface area contributed by atoms with E-state index in [0.29, 0.717) is 37.8 Å². The van der Waals surface area contributed by atoms with Crippen molar-refractivity contribution in [2.45, 2.75) is 24.9 Å². The Kier molecular flexibility index (Phi) is 4.25. The summed E-state index contributed by atoms with van der Waals surface area (Å²) in [5.74, 6) is 1.52. The molecule has 1 aromatic carbocycles. The highest BCUT2D eigenvalue weighted by Crippen LogP contribution is 2.40. The first-order valence-corrected chi connectivity index (χ1v) is 9.65. The maximum Gasteiger partial charge on any atom is 0.433 e. The monoisotopic (exact) mass is 400 g/mol. The van der Waals surface area contributed by atoms with Crippen LogP contribution in [0.25, 0.3) is 11.0 Å². The van der Waals surface area contributed by atoms with Crippen LogP contribution in [0.3, 0.4) is 0 Å². The van der Waals surface area contributed by atoms with Gasteiger partial charge in [0.25, 0.3) is 0 Å². The van der Waals surface area contributed by atoms with Gasteiger partial charge < -0.3 is 9.80 Å². The number of hydrogen-bond acceptors (Lipinski definition) is 6. The van der Waals surface area contributed by atoms with Crippen LogP contribution in [0.5, 0.6) is 0 Å². The average Bonchev–Trinajstić information content (AvgIpc) is 3.58. The zero-order chi connectivity index (χ0) is 20.0. The summed E-state index contributed by atoms with van der Waals surface area (Å²) in [5.41, 5.74) is 0.808. The molecule has 0 amide bonds. The zero-order valence-corrected chi connectivity index (χ0v) is 15.6. The molecular formula is C20H19F3N6. The Morgan fingerprint density at radius 2 is 1.48 bits per heavy atom. The summed E-state index contributed by atoms with van der Waals surface area (Å²) in [5, 5.41) is 0. The Balaban J connectivity index is 1.35. The molecule has 0 atom stereocenters. The Bertz CT molecular complexity index is 1040. The van der Waals surface area contributed by atoms with Gasteiger partial charge in [-0.2, -0.15) is 13.2 Å². The quantitative estimate of drug-likeness (QED) is 0.669. The fraction of sp³-hybridized carbons (Fsp3) is 0.400. The van der Waals surface area contributed by atoms with Crippen molar-refractivity contribution in [2.24, 2.45) is 0 Å². The van der Waals surface area contributed by atoms with Crippen LogP contribution in [-0.2, 0) is 6.18 Å². The highest BCUT2D eigenvalue weighted by atomic mass is 19.4. The van der Waals surface area contributed by atoms with Gasteiger partial charge in [0, 0.05) is 38.2 Å². The first-order chi connectivity index (χ1) is 14.0. The number of halogens is 3. The van der Waals surface area contributed by atoms with Crippen molar-refractivity contribution in [1.82, 2.24) is 19.9 Å². The predicted octanol–water partition coefficient (Wildman–Crippen LogP) is 3.64. The van der Waals surface area contributed by atoms with E-state index in [1.165, 1.54) is 0 Å². The second kappa shape index (κ2) is 6.82. The number of aromatic nitrogens is 4. The van der Waals surface area contributed by atoms with Crippen LogP contribution in [0.15, 0.2) is 36.5 Å². The van der Waals surface area contributed by atoms with Gasteiger partial charge in [-0.1, -0.05) is 12.1 Å². The topological polar surface area (TPSA) is 58.0 Å². The second-order valence-corrected chi connectivity index (χ2v) is 7.43. The summed E-state index contributed by atoms with van der Waals surface area (Å²) in [4.78, 5) is 21.3. The molecule has 1 saturated heterocycles. The Morgan fingerprint density at radius 3 is 2.14 bits per heavy atom. The molecule has 0 radical (unpaired) electrons. The summed E-state index contributed by atoms with van der Waals surface area (Å²) in [6.07, 6.45) is -1.01. The number of piperazine rings is 1. The van der Waals surface area contributed by atoms with E-state index in [2.05, 4.69) is 24.8 Å². The Hall–Kier alpha value is -2.97. The number of hydrogen-bond donors (Lipinski definition) is 0. The normalized spacial score (nSPS) is 17.8. The third-order valence-electron chi connectivity index (χ3n) is 5.33. The number of fused-ring (bicyclic) bond motifs is 1. The molecule has 0 spiro atoms. The molecule has 2 aromatic heterocycles. The Morgan fingerprint density at radius 1 is 0.828 bits per heavy atom. The van der Waals surface area contributed by atoms with E-state index < -0.39 is 11.9 Å². The molecule has 1 aliphatic carbocycles. The molecule has 5 rings (SSSR count). The number of rotatable bonds is 3. The van der Waals surface area contributed by atoms with Crippen molar-refractivity contribution < 1.29 is 13.2 Å². The van der Waals surface area contributed by atoms with Crippen molar-refractivity contribution in [3.05, 3.63) is 48.0 Å². The molecule has 2 aliphatic rings. The van der Waals surface area contributed by atoms with Gasteiger partial charge in [-0.15, -0.1) is 0 Å². The second-order valence-electron chi connectivity index (χ2n) is 7.43. The molecule has 2 fully saturated rings. The summed E-state index contributed by atoms with van der Waals surface area (Å²) >= 11 is 0. The first-order valence-electron chi connectivity index (χ1n) is 9.65. The minimum Gasteiger partial charge on any atom is -0.353 e. The van der Waals surface area contributed by atoms with E-state index in [1.54, 1.807) is 6.20 Å². The number of benzene rings is 1. The standard InChI is InChI=1S/C20H19F3N6/c21-20(22,23)16-11-17(27-19(26-16)13-5-6-13)28-7-9-29(10-8-28)18-12-24-14-3-1-2-4-15(14)25-18/h1-4,11-13H,5-10H2. The van der Waals surface area contributed by atoms with Gasteiger partial charge in [-0.25, -0.2) is 15.0 Å². The van der Waals surface area contributed by atoms with Gasteiger partial charge in [0.15, 0.2) is 0 Å². The number of alkyl halides is 3. The SMILES string of the molecule is FC(F)(F)c1cc(N2CCN(c3cnc4ccccc4n3)CC2)nc(C2CC2)n1. The van der Waals surface area contributed by atoms with Crippen LogP contribution >= 0.6 is 0 Å². The van der Waals surface area contributed by atoms with Crippen molar-refractivity contribution in [2.75, 3.05) is 36.0 Å². The molecular weight excluding hydrogens is 381 g/mol. The average molecular weight is 400 g/mol. The van der Waals surface area contributed by atoms with Crippen LogP contribution in [0.4, 0.5) is 24.8 Å². The zero-order valence-electron chi connectivity index (χ0n) is 15.6. The first kappa shape index (κ1) is 18.1. The van der Waals surface area contributed by atoms with Gasteiger partial charge in [-0.3, -0.25) is 4.98 Å². The highest BCUT2D eigenvalue weighted by molar-refractivity contribution is 5.75. The van der Waals surface area contributed by atoms with E-state index >= 15 is 0 Å². The largest absolute Gasteiger partial charge is 0.433 e. The van der Waals surface area contributed by atoms with Crippen LogP contribution in [0, 0.1) is 0 Å². The van der Waals surface area contributed by atoms with E-state index in [-0.39, 0.29) is 5.92 Å². The molecule has 3 aromatic rings. The molecule has 3 heterocycles. The summed E-state index contributed by atoms with van der Waals surface area (Å²) in [6, 6.07) is 8.74. The number of anilines is 2. The predicted molar refractivity (Wildman–Crippen MR) is 103 cm³/mol. The van der Waals surface area contributed by atoms with E-state index in [4.69, 9.17) is 0 Å². The molecule has 9 heteroatoms. The number of para-hydroxylation sites is 2. The fourth-order valence-corrected chi connectivity index (χ4v) is 3.55. The Labute approximate surface area is 165 Å². The van der Waals surface area contributed by atoms with Crippen LogP contribution in [0.1, 0.15) is 30.3 Å². The molecule has 6 nitrogen and oxygen atoms in total. The lowest BCUT2D eigenvalue weighted by Gasteiger charge is -2.36. The smallest absolute Gasteiger partial charge is 0.353 e. The molecule has 150 valence electrons. The molecule has 29 heavy (non-hydrogen) atoms. The van der Waals surface area contributed by atoms with Crippen LogP contribution in [-0.4, -0.2) is 46.1 Å². The molecule has 1 aliphatic heterocycles. The molecule has 1 saturated carbocycles. The molecule has 0 N–H and O–H groups in total. The minimum atomic E-state index is -4.47. The van der Waals surface area contributed by atoms with Crippen molar-refractivity contribution in [3.8, 4) is 0 Å². The van der Waals surface area contributed by atoms with Crippen molar-refractivity contribution >= 4 is 22.7 Å². The van der Waals surface area contributed by atoms with Crippen molar-refractivity contribution in [1.29, 1.82) is 0 Å². The van der Waals surface area contributed by atoms with Gasteiger partial charge in [0.05, 0.1) is 17.2 Å². The van der Waals surface area contributed by atoms with E-state index in [1.807, 2.05) is 29.2 Å². The molecule has 0 unspecified atom stereocenters.